The van der Waals surface area contributed by atoms with Crippen molar-refractivity contribution in [3.05, 3.63) is 53.6 Å². The molecule has 0 aliphatic rings. The van der Waals surface area contributed by atoms with Gasteiger partial charge in [0.15, 0.2) is 12.4 Å². The molecule has 5 nitrogen and oxygen atoms in total. The van der Waals surface area contributed by atoms with Crippen molar-refractivity contribution in [2.24, 2.45) is 0 Å². The number of aryl methyl sites for hydroxylation is 1. The van der Waals surface area contributed by atoms with Gasteiger partial charge < -0.3 is 15.0 Å². The lowest BCUT2D eigenvalue weighted by Gasteiger charge is -2.14. The fourth-order valence-electron chi connectivity index (χ4n) is 2.33. The lowest BCUT2D eigenvalue weighted by atomic mass is 10.0. The van der Waals surface area contributed by atoms with E-state index < -0.39 is 0 Å². The molecule has 134 valence electrons. The Bertz CT molecular complexity index is 754. The molecule has 1 amide bonds. The largest absolute Gasteiger partial charge is 0.484 e. The molecule has 1 N–H and O–H groups in total. The zero-order valence-corrected chi connectivity index (χ0v) is 14.4. The number of hydrogen-bond acceptors (Lipinski definition) is 4. The topological polar surface area (TPSA) is 58.6 Å². The van der Waals surface area contributed by atoms with Crippen molar-refractivity contribution in [2.45, 2.75) is 21.3 Å². The van der Waals surface area contributed by atoms with Crippen LogP contribution in [0.3, 0.4) is 0 Å². The van der Waals surface area contributed by atoms with Crippen molar-refractivity contribution in [3.8, 4) is 5.75 Å². The van der Waals surface area contributed by atoms with Gasteiger partial charge in [-0.3, -0.25) is 9.59 Å². The quantitative estimate of drug-likeness (QED) is 0.809. The summed E-state index contributed by atoms with van der Waals surface area (Å²) in [6, 6.07) is 12.7. The highest BCUT2D eigenvalue weighted by molar-refractivity contribution is 5.97. The van der Waals surface area contributed by atoms with Crippen LogP contribution in [-0.2, 0) is 4.79 Å². The predicted molar refractivity (Wildman–Crippen MR) is 103 cm³/mol. The van der Waals surface area contributed by atoms with E-state index in [9.17, 15) is 9.59 Å². The van der Waals surface area contributed by atoms with Crippen LogP contribution in [0.25, 0.3) is 0 Å². The van der Waals surface area contributed by atoms with Gasteiger partial charge in [0, 0.05) is 37.1 Å². The number of amides is 1. The van der Waals surface area contributed by atoms with Crippen LogP contribution < -0.4 is 15.0 Å². The van der Waals surface area contributed by atoms with Gasteiger partial charge in [-0.1, -0.05) is 13.5 Å². The zero-order chi connectivity index (χ0) is 17.7. The first-order valence-corrected chi connectivity index (χ1v) is 7.68. The zero-order valence-electron chi connectivity index (χ0n) is 14.4. The fraction of sp³-hybridized carbons (Fsp3) is 0.300. The van der Waals surface area contributed by atoms with Crippen molar-refractivity contribution in [1.29, 1.82) is 0 Å². The third-order valence-corrected chi connectivity index (χ3v) is 3.59. The molecule has 5 heteroatoms. The average molecular weight is 342 g/mol. The van der Waals surface area contributed by atoms with Gasteiger partial charge >= 0.3 is 0 Å². The molecule has 0 bridgehead atoms. The molecule has 0 fully saturated rings. The minimum atomic E-state index is -0.250. The third kappa shape index (κ3) is 5.64. The maximum absolute atomic E-state index is 12.0. The Labute approximate surface area is 149 Å². The number of hydrogen-bond donors (Lipinski definition) is 1. The summed E-state index contributed by atoms with van der Waals surface area (Å²) >= 11 is 0. The summed E-state index contributed by atoms with van der Waals surface area (Å²) in [5.41, 5.74) is 3.14. The molecule has 0 heterocycles. The van der Waals surface area contributed by atoms with Crippen LogP contribution in [0.1, 0.15) is 30.3 Å². The first-order valence-electron chi connectivity index (χ1n) is 7.68. The van der Waals surface area contributed by atoms with E-state index in [1.165, 1.54) is 6.92 Å². The fourth-order valence-corrected chi connectivity index (χ4v) is 2.33. The molecule has 0 unspecified atom stereocenters. The number of benzene rings is 2. The third-order valence-electron chi connectivity index (χ3n) is 3.59. The van der Waals surface area contributed by atoms with E-state index in [4.69, 9.17) is 4.74 Å². The molecule has 2 aromatic rings. The van der Waals surface area contributed by atoms with Crippen molar-refractivity contribution >= 4 is 23.1 Å². The standard InChI is InChI=1S/C19H22N2O3.CH4/c1-13-10-15(8-9-18(13)14(2)22)20-19(23)12-24-17-7-5-6-16(11-17)21(3)4;/h5-11H,12H2,1-4H3,(H,20,23);1H4. The number of Topliss-reactive ketones (excluding diaryl/α,β-unsaturated/α-hetero) is 1. The molecule has 2 aromatic carbocycles. The molecule has 0 atom stereocenters. The normalized spacial score (nSPS) is 9.76. The molecule has 0 spiro atoms. The van der Waals surface area contributed by atoms with Gasteiger partial charge in [-0.25, -0.2) is 0 Å². The molecule has 0 saturated heterocycles. The number of ketones is 1. The van der Waals surface area contributed by atoms with E-state index >= 15 is 0 Å². The van der Waals surface area contributed by atoms with Crippen LogP contribution in [-0.4, -0.2) is 32.4 Å². The van der Waals surface area contributed by atoms with E-state index in [1.54, 1.807) is 18.2 Å². The second-order valence-corrected chi connectivity index (χ2v) is 5.81. The molecule has 0 aromatic heterocycles. The van der Waals surface area contributed by atoms with Gasteiger partial charge in [-0.05, 0) is 49.7 Å². The Morgan fingerprint density at radius 2 is 1.84 bits per heavy atom. The Morgan fingerprint density at radius 1 is 1.12 bits per heavy atom. The molecular formula is C20H26N2O3. The SMILES string of the molecule is C.CC(=O)c1ccc(NC(=O)COc2cccc(N(C)C)c2)cc1C. The van der Waals surface area contributed by atoms with Crippen molar-refractivity contribution in [2.75, 3.05) is 30.9 Å². The molecule has 0 aliphatic heterocycles. The summed E-state index contributed by atoms with van der Waals surface area (Å²) in [4.78, 5) is 25.4. The monoisotopic (exact) mass is 342 g/mol. The molecule has 2 rings (SSSR count). The van der Waals surface area contributed by atoms with E-state index in [1.807, 2.05) is 50.2 Å². The second-order valence-electron chi connectivity index (χ2n) is 5.81. The van der Waals surface area contributed by atoms with E-state index in [0.29, 0.717) is 17.0 Å². The van der Waals surface area contributed by atoms with Crippen LogP contribution >= 0.6 is 0 Å². The highest BCUT2D eigenvalue weighted by atomic mass is 16.5. The molecule has 0 saturated carbocycles. The average Bonchev–Trinajstić information content (AvgIpc) is 2.53. The van der Waals surface area contributed by atoms with Crippen molar-refractivity contribution < 1.29 is 14.3 Å². The first-order chi connectivity index (χ1) is 11.4. The van der Waals surface area contributed by atoms with Crippen LogP contribution in [0.5, 0.6) is 5.75 Å². The van der Waals surface area contributed by atoms with Crippen LogP contribution in [0.4, 0.5) is 11.4 Å². The summed E-state index contributed by atoms with van der Waals surface area (Å²) in [5, 5.41) is 2.77. The summed E-state index contributed by atoms with van der Waals surface area (Å²) < 4.78 is 5.53. The number of carbonyl (C=O) groups excluding carboxylic acids is 2. The second kappa shape index (κ2) is 8.87. The van der Waals surface area contributed by atoms with Gasteiger partial charge in [-0.2, -0.15) is 0 Å². The molecule has 0 aliphatic carbocycles. The Balaban J connectivity index is 0.00000312. The van der Waals surface area contributed by atoms with Crippen LogP contribution in [0, 0.1) is 6.92 Å². The van der Waals surface area contributed by atoms with Gasteiger partial charge in [0.1, 0.15) is 5.75 Å². The Hall–Kier alpha value is -2.82. The van der Waals surface area contributed by atoms with E-state index in [0.717, 1.165) is 11.3 Å². The van der Waals surface area contributed by atoms with Gasteiger partial charge in [0.2, 0.25) is 0 Å². The first kappa shape index (κ1) is 20.2. The summed E-state index contributed by atoms with van der Waals surface area (Å²) in [6.07, 6.45) is 0. The number of anilines is 2. The molecule has 25 heavy (non-hydrogen) atoms. The van der Waals surface area contributed by atoms with Crippen LogP contribution in [0.15, 0.2) is 42.5 Å². The summed E-state index contributed by atoms with van der Waals surface area (Å²) in [5.74, 6) is 0.397. The number of ether oxygens (including phenoxy) is 1. The number of nitrogens with zero attached hydrogens (tertiary/aromatic N) is 1. The van der Waals surface area contributed by atoms with Gasteiger partial charge in [0.05, 0.1) is 0 Å². The summed E-state index contributed by atoms with van der Waals surface area (Å²) in [7, 11) is 3.89. The minimum absolute atomic E-state index is 0. The summed E-state index contributed by atoms with van der Waals surface area (Å²) in [6.45, 7) is 3.29. The number of carbonyl (C=O) groups is 2. The highest BCUT2D eigenvalue weighted by Crippen LogP contribution is 2.19. The lowest BCUT2D eigenvalue weighted by molar-refractivity contribution is -0.118. The predicted octanol–water partition coefficient (Wildman–Crippen LogP) is 3.92. The van der Waals surface area contributed by atoms with Gasteiger partial charge in [-0.15, -0.1) is 0 Å². The van der Waals surface area contributed by atoms with Crippen molar-refractivity contribution in [1.82, 2.24) is 0 Å². The maximum Gasteiger partial charge on any atom is 0.262 e. The van der Waals surface area contributed by atoms with Crippen molar-refractivity contribution in [3.63, 3.8) is 0 Å². The number of rotatable bonds is 6. The van der Waals surface area contributed by atoms with E-state index in [-0.39, 0.29) is 25.7 Å². The smallest absolute Gasteiger partial charge is 0.262 e. The minimum Gasteiger partial charge on any atom is -0.484 e. The Kier molecular flexibility index (Phi) is 7.18. The van der Waals surface area contributed by atoms with E-state index in [2.05, 4.69) is 5.32 Å². The lowest BCUT2D eigenvalue weighted by Crippen LogP contribution is -2.20. The highest BCUT2D eigenvalue weighted by Gasteiger charge is 2.08. The maximum atomic E-state index is 12.0. The molecule has 0 radical (unpaired) electrons. The van der Waals surface area contributed by atoms with Crippen LogP contribution in [0.2, 0.25) is 0 Å². The Morgan fingerprint density at radius 3 is 2.44 bits per heavy atom. The van der Waals surface area contributed by atoms with Gasteiger partial charge in [0.25, 0.3) is 5.91 Å². The number of nitrogens with one attached hydrogen (secondary N) is 1. The molecular weight excluding hydrogens is 316 g/mol.